The molecule has 0 aromatic carbocycles. The van der Waals surface area contributed by atoms with Crippen molar-refractivity contribution in [3.05, 3.63) is 5.89 Å². The van der Waals surface area contributed by atoms with Gasteiger partial charge in [0.25, 0.3) is 0 Å². The van der Waals surface area contributed by atoms with Crippen LogP contribution in [0.3, 0.4) is 0 Å². The van der Waals surface area contributed by atoms with E-state index in [1.807, 2.05) is 4.90 Å². The van der Waals surface area contributed by atoms with Crippen molar-refractivity contribution in [3.63, 3.8) is 0 Å². The van der Waals surface area contributed by atoms with Gasteiger partial charge in [0.15, 0.2) is 0 Å². The fourth-order valence-electron chi connectivity index (χ4n) is 3.24. The molecule has 1 aromatic rings. The quantitative estimate of drug-likeness (QED) is 0.847. The van der Waals surface area contributed by atoms with E-state index < -0.39 is 0 Å². The van der Waals surface area contributed by atoms with Crippen molar-refractivity contribution in [2.45, 2.75) is 45.4 Å². The SMILES string of the molecule is CCCc1nnc(N2CCCC(C(=O)N3CCCC3)C2)o1. The number of amides is 1. The van der Waals surface area contributed by atoms with E-state index in [-0.39, 0.29) is 5.92 Å². The summed E-state index contributed by atoms with van der Waals surface area (Å²) in [5.74, 6) is 1.09. The number of aromatic nitrogens is 2. The van der Waals surface area contributed by atoms with Gasteiger partial charge in [-0.3, -0.25) is 4.79 Å². The molecular weight excluding hydrogens is 268 g/mol. The standard InChI is InChI=1S/C15H24N4O2/c1-2-6-13-16-17-15(21-13)19-10-5-7-12(11-19)14(20)18-8-3-4-9-18/h12H,2-11H2,1H3. The number of carbonyl (C=O) groups excluding carboxylic acids is 1. The Morgan fingerprint density at radius 3 is 2.81 bits per heavy atom. The van der Waals surface area contributed by atoms with Gasteiger partial charge in [-0.05, 0) is 32.1 Å². The Hall–Kier alpha value is -1.59. The number of hydrogen-bond acceptors (Lipinski definition) is 5. The van der Waals surface area contributed by atoms with E-state index in [0.717, 1.165) is 58.2 Å². The highest BCUT2D eigenvalue weighted by Crippen LogP contribution is 2.25. The van der Waals surface area contributed by atoms with Crippen LogP contribution in [-0.4, -0.2) is 47.2 Å². The van der Waals surface area contributed by atoms with Crippen molar-refractivity contribution in [2.75, 3.05) is 31.1 Å². The molecule has 2 fully saturated rings. The summed E-state index contributed by atoms with van der Waals surface area (Å²) in [6.45, 7) is 5.56. The van der Waals surface area contributed by atoms with E-state index in [0.29, 0.717) is 24.4 Å². The van der Waals surface area contributed by atoms with E-state index in [4.69, 9.17) is 4.42 Å². The second kappa shape index (κ2) is 6.45. The molecule has 2 saturated heterocycles. The minimum Gasteiger partial charge on any atom is -0.408 e. The molecule has 6 heteroatoms. The molecule has 1 atom stereocenters. The van der Waals surface area contributed by atoms with Crippen molar-refractivity contribution >= 4 is 11.9 Å². The Balaban J connectivity index is 1.63. The van der Waals surface area contributed by atoms with Crippen molar-refractivity contribution in [1.82, 2.24) is 15.1 Å². The highest BCUT2D eigenvalue weighted by Gasteiger charge is 2.32. The number of piperidine rings is 1. The fourth-order valence-corrected chi connectivity index (χ4v) is 3.24. The highest BCUT2D eigenvalue weighted by molar-refractivity contribution is 5.79. The van der Waals surface area contributed by atoms with Crippen LogP contribution in [0.5, 0.6) is 0 Å². The monoisotopic (exact) mass is 292 g/mol. The van der Waals surface area contributed by atoms with Gasteiger partial charge in [0, 0.05) is 32.6 Å². The van der Waals surface area contributed by atoms with E-state index in [2.05, 4.69) is 22.0 Å². The van der Waals surface area contributed by atoms with Crippen molar-refractivity contribution in [1.29, 1.82) is 0 Å². The fraction of sp³-hybridized carbons (Fsp3) is 0.800. The first kappa shape index (κ1) is 14.4. The second-order valence-corrected chi connectivity index (χ2v) is 6.05. The van der Waals surface area contributed by atoms with Crippen molar-refractivity contribution in [2.24, 2.45) is 5.92 Å². The van der Waals surface area contributed by atoms with Crippen LogP contribution < -0.4 is 4.90 Å². The van der Waals surface area contributed by atoms with Crippen LogP contribution in [0.2, 0.25) is 0 Å². The molecule has 6 nitrogen and oxygen atoms in total. The Bertz CT molecular complexity index is 482. The van der Waals surface area contributed by atoms with Gasteiger partial charge >= 0.3 is 6.01 Å². The van der Waals surface area contributed by atoms with E-state index in [1.165, 1.54) is 0 Å². The molecule has 3 heterocycles. The lowest BCUT2D eigenvalue weighted by molar-refractivity contribution is -0.134. The summed E-state index contributed by atoms with van der Waals surface area (Å²) < 4.78 is 5.70. The van der Waals surface area contributed by atoms with Gasteiger partial charge < -0.3 is 14.2 Å². The molecule has 0 radical (unpaired) electrons. The summed E-state index contributed by atoms with van der Waals surface area (Å²) >= 11 is 0. The number of likely N-dealkylation sites (tertiary alicyclic amines) is 1. The number of anilines is 1. The largest absolute Gasteiger partial charge is 0.408 e. The molecule has 1 unspecified atom stereocenters. The molecular formula is C15H24N4O2. The van der Waals surface area contributed by atoms with Gasteiger partial charge in [0.2, 0.25) is 11.8 Å². The maximum Gasteiger partial charge on any atom is 0.318 e. The minimum absolute atomic E-state index is 0.0818. The van der Waals surface area contributed by atoms with Gasteiger partial charge in [-0.2, -0.15) is 0 Å². The van der Waals surface area contributed by atoms with Crippen LogP contribution in [-0.2, 0) is 11.2 Å². The van der Waals surface area contributed by atoms with Crippen LogP contribution in [0.25, 0.3) is 0 Å². The molecule has 0 N–H and O–H groups in total. The van der Waals surface area contributed by atoms with E-state index in [9.17, 15) is 4.79 Å². The van der Waals surface area contributed by atoms with Gasteiger partial charge in [-0.1, -0.05) is 12.0 Å². The molecule has 0 bridgehead atoms. The summed E-state index contributed by atoms with van der Waals surface area (Å²) in [6, 6.07) is 0.581. The topological polar surface area (TPSA) is 62.5 Å². The number of hydrogen-bond donors (Lipinski definition) is 0. The third kappa shape index (κ3) is 3.19. The van der Waals surface area contributed by atoms with Gasteiger partial charge in [-0.15, -0.1) is 5.10 Å². The van der Waals surface area contributed by atoms with E-state index >= 15 is 0 Å². The zero-order valence-electron chi connectivity index (χ0n) is 12.8. The Labute approximate surface area is 125 Å². The smallest absolute Gasteiger partial charge is 0.318 e. The van der Waals surface area contributed by atoms with Gasteiger partial charge in [0.1, 0.15) is 0 Å². The van der Waals surface area contributed by atoms with Crippen molar-refractivity contribution < 1.29 is 9.21 Å². The zero-order valence-corrected chi connectivity index (χ0v) is 12.8. The number of nitrogens with zero attached hydrogens (tertiary/aromatic N) is 4. The summed E-state index contributed by atoms with van der Waals surface area (Å²) in [5.41, 5.74) is 0. The maximum absolute atomic E-state index is 12.5. The first-order chi connectivity index (χ1) is 10.3. The summed E-state index contributed by atoms with van der Waals surface area (Å²) in [4.78, 5) is 16.6. The second-order valence-electron chi connectivity index (χ2n) is 6.05. The maximum atomic E-state index is 12.5. The third-order valence-electron chi connectivity index (χ3n) is 4.38. The lowest BCUT2D eigenvalue weighted by Crippen LogP contribution is -2.44. The Morgan fingerprint density at radius 2 is 2.05 bits per heavy atom. The predicted octanol–water partition coefficient (Wildman–Crippen LogP) is 1.86. The molecule has 2 aliphatic rings. The molecule has 21 heavy (non-hydrogen) atoms. The molecule has 0 aliphatic carbocycles. The lowest BCUT2D eigenvalue weighted by Gasteiger charge is -2.32. The molecule has 0 spiro atoms. The number of carbonyl (C=O) groups is 1. The molecule has 3 rings (SSSR count). The molecule has 2 aliphatic heterocycles. The Morgan fingerprint density at radius 1 is 1.24 bits per heavy atom. The van der Waals surface area contributed by atoms with E-state index in [1.54, 1.807) is 0 Å². The first-order valence-electron chi connectivity index (χ1n) is 8.14. The molecule has 1 aromatic heterocycles. The average Bonchev–Trinajstić information content (AvgIpc) is 3.18. The van der Waals surface area contributed by atoms with Crippen molar-refractivity contribution in [3.8, 4) is 0 Å². The van der Waals surface area contributed by atoms with Crippen LogP contribution >= 0.6 is 0 Å². The average molecular weight is 292 g/mol. The van der Waals surface area contributed by atoms with Crippen LogP contribution in [0.4, 0.5) is 6.01 Å². The van der Waals surface area contributed by atoms with Crippen LogP contribution in [0, 0.1) is 5.92 Å². The number of rotatable bonds is 4. The predicted molar refractivity (Wildman–Crippen MR) is 79.0 cm³/mol. The summed E-state index contributed by atoms with van der Waals surface area (Å²) in [5, 5.41) is 8.21. The lowest BCUT2D eigenvalue weighted by atomic mass is 9.97. The molecule has 116 valence electrons. The van der Waals surface area contributed by atoms with Gasteiger partial charge in [0.05, 0.1) is 5.92 Å². The summed E-state index contributed by atoms with van der Waals surface area (Å²) in [7, 11) is 0. The van der Waals surface area contributed by atoms with Crippen LogP contribution in [0.15, 0.2) is 4.42 Å². The first-order valence-corrected chi connectivity index (χ1v) is 8.14. The highest BCUT2D eigenvalue weighted by atomic mass is 16.4. The molecule has 1 amide bonds. The zero-order chi connectivity index (χ0) is 14.7. The number of aryl methyl sites for hydroxylation is 1. The Kier molecular flexibility index (Phi) is 4.41. The van der Waals surface area contributed by atoms with Crippen LogP contribution in [0.1, 0.15) is 44.9 Å². The molecule has 0 saturated carbocycles. The third-order valence-corrected chi connectivity index (χ3v) is 4.38. The van der Waals surface area contributed by atoms with Gasteiger partial charge in [-0.25, -0.2) is 0 Å². The minimum atomic E-state index is 0.0818. The summed E-state index contributed by atoms with van der Waals surface area (Å²) in [6.07, 6.45) is 6.09. The normalized spacial score (nSPS) is 22.8.